The second-order valence-corrected chi connectivity index (χ2v) is 9.45. The van der Waals surface area contributed by atoms with Crippen LogP contribution in [0.25, 0.3) is 0 Å². The van der Waals surface area contributed by atoms with Gasteiger partial charge in [0.25, 0.3) is 0 Å². The van der Waals surface area contributed by atoms with Gasteiger partial charge < -0.3 is 19.3 Å². The maximum Gasteiger partial charge on any atom is 0.227 e. The molecule has 0 bridgehead atoms. The van der Waals surface area contributed by atoms with Crippen LogP contribution >= 0.6 is 0 Å². The molecule has 30 heavy (non-hydrogen) atoms. The third-order valence-corrected chi connectivity index (χ3v) is 6.00. The van der Waals surface area contributed by atoms with Crippen molar-refractivity contribution in [1.82, 2.24) is 9.80 Å². The zero-order valence-corrected chi connectivity index (χ0v) is 18.3. The number of amides is 2. The summed E-state index contributed by atoms with van der Waals surface area (Å²) >= 11 is 0. The third-order valence-electron chi connectivity index (χ3n) is 6.00. The molecule has 2 aliphatic rings. The number of benzene rings is 1. The van der Waals surface area contributed by atoms with Crippen molar-refractivity contribution in [3.05, 3.63) is 30.1 Å². The molecular weight excluding hydrogens is 387 g/mol. The lowest BCUT2D eigenvalue weighted by molar-refractivity contribution is -0.144. The van der Waals surface area contributed by atoms with E-state index in [-0.39, 0.29) is 23.0 Å². The first-order valence-corrected chi connectivity index (χ1v) is 10.7. The first-order chi connectivity index (χ1) is 14.2. The van der Waals surface area contributed by atoms with Gasteiger partial charge in [0.2, 0.25) is 11.8 Å². The van der Waals surface area contributed by atoms with E-state index in [0.717, 1.165) is 0 Å². The van der Waals surface area contributed by atoms with Crippen molar-refractivity contribution in [2.75, 3.05) is 46.0 Å². The molecule has 0 atom stereocenters. The summed E-state index contributed by atoms with van der Waals surface area (Å²) in [5.74, 6) is 0.517. The van der Waals surface area contributed by atoms with Crippen molar-refractivity contribution >= 4 is 11.8 Å². The van der Waals surface area contributed by atoms with E-state index in [2.05, 4.69) is 0 Å². The molecule has 1 aromatic carbocycles. The predicted octanol–water partition coefficient (Wildman–Crippen LogP) is 3.11. The quantitative estimate of drug-likeness (QED) is 0.735. The van der Waals surface area contributed by atoms with E-state index in [9.17, 15) is 14.0 Å². The van der Waals surface area contributed by atoms with Gasteiger partial charge in [0.05, 0.1) is 19.8 Å². The van der Waals surface area contributed by atoms with Gasteiger partial charge in [-0.2, -0.15) is 0 Å². The lowest BCUT2D eigenvalue weighted by Crippen LogP contribution is -2.51. The van der Waals surface area contributed by atoms with E-state index in [4.69, 9.17) is 9.47 Å². The number of likely N-dealkylation sites (tertiary alicyclic amines) is 1. The fraction of sp³-hybridized carbons (Fsp3) is 0.652. The maximum absolute atomic E-state index is 13.2. The number of carbonyl (C=O) groups excluding carboxylic acids is 2. The van der Waals surface area contributed by atoms with E-state index < -0.39 is 5.41 Å². The monoisotopic (exact) mass is 420 g/mol. The fourth-order valence-electron chi connectivity index (χ4n) is 4.04. The van der Waals surface area contributed by atoms with E-state index in [1.807, 2.05) is 30.6 Å². The standard InChI is InChI=1S/C23H33FN2O4/c1-22(2,3)21(28)26-10-8-23(9-11-26,16-20(27)25-12-14-29-15-13-25)17-30-19-6-4-18(24)5-7-19/h4-7H,8-17H2,1-3H3. The van der Waals surface area contributed by atoms with Gasteiger partial charge in [-0.3, -0.25) is 9.59 Å². The maximum atomic E-state index is 13.2. The molecule has 0 aromatic heterocycles. The largest absolute Gasteiger partial charge is 0.493 e. The van der Waals surface area contributed by atoms with Crippen molar-refractivity contribution in [1.29, 1.82) is 0 Å². The number of ether oxygens (including phenoxy) is 2. The highest BCUT2D eigenvalue weighted by Crippen LogP contribution is 2.37. The Morgan fingerprint density at radius 3 is 2.20 bits per heavy atom. The van der Waals surface area contributed by atoms with Gasteiger partial charge in [-0.15, -0.1) is 0 Å². The summed E-state index contributed by atoms with van der Waals surface area (Å²) in [5, 5.41) is 0. The minimum Gasteiger partial charge on any atom is -0.493 e. The van der Waals surface area contributed by atoms with Crippen molar-refractivity contribution in [2.45, 2.75) is 40.0 Å². The first-order valence-electron chi connectivity index (χ1n) is 10.7. The molecule has 2 amide bonds. The molecule has 3 rings (SSSR count). The summed E-state index contributed by atoms with van der Waals surface area (Å²) in [6.07, 6.45) is 1.78. The lowest BCUT2D eigenvalue weighted by atomic mass is 9.75. The van der Waals surface area contributed by atoms with Crippen molar-refractivity contribution in [3.63, 3.8) is 0 Å². The highest BCUT2D eigenvalue weighted by atomic mass is 19.1. The second-order valence-electron chi connectivity index (χ2n) is 9.45. The zero-order chi connectivity index (χ0) is 21.8. The molecule has 0 radical (unpaired) electrons. The number of halogens is 1. The number of hydrogen-bond donors (Lipinski definition) is 0. The number of piperidine rings is 1. The lowest BCUT2D eigenvalue weighted by Gasteiger charge is -2.43. The molecule has 0 N–H and O–H groups in total. The Morgan fingerprint density at radius 2 is 1.63 bits per heavy atom. The number of rotatable bonds is 5. The van der Waals surface area contributed by atoms with E-state index in [0.29, 0.717) is 71.0 Å². The molecule has 7 heteroatoms. The predicted molar refractivity (Wildman–Crippen MR) is 112 cm³/mol. The van der Waals surface area contributed by atoms with Gasteiger partial charge in [0, 0.05) is 43.4 Å². The minimum absolute atomic E-state index is 0.108. The molecule has 2 fully saturated rings. The molecule has 0 aliphatic carbocycles. The summed E-state index contributed by atoms with van der Waals surface area (Å²) in [6.45, 7) is 9.73. The van der Waals surface area contributed by atoms with E-state index in [1.165, 1.54) is 12.1 Å². The number of nitrogens with zero attached hydrogens (tertiary/aromatic N) is 2. The van der Waals surface area contributed by atoms with Gasteiger partial charge in [-0.05, 0) is 37.1 Å². The molecule has 2 saturated heterocycles. The molecule has 0 saturated carbocycles. The van der Waals surface area contributed by atoms with Crippen LogP contribution in [0.3, 0.4) is 0 Å². The Morgan fingerprint density at radius 1 is 1.03 bits per heavy atom. The molecular formula is C23H33FN2O4. The molecule has 6 nitrogen and oxygen atoms in total. The van der Waals surface area contributed by atoms with Crippen LogP contribution in [0.1, 0.15) is 40.0 Å². The van der Waals surface area contributed by atoms with Crippen LogP contribution in [0, 0.1) is 16.6 Å². The first kappa shape index (κ1) is 22.5. The number of hydrogen-bond acceptors (Lipinski definition) is 4. The fourth-order valence-corrected chi connectivity index (χ4v) is 4.04. The molecule has 1 aromatic rings. The highest BCUT2D eigenvalue weighted by Gasteiger charge is 2.41. The van der Waals surface area contributed by atoms with Crippen LogP contribution < -0.4 is 4.74 Å². The average molecular weight is 421 g/mol. The van der Waals surface area contributed by atoms with Crippen LogP contribution in [-0.2, 0) is 14.3 Å². The Bertz CT molecular complexity index is 731. The number of morpholine rings is 1. The van der Waals surface area contributed by atoms with Crippen LogP contribution in [0.4, 0.5) is 4.39 Å². The van der Waals surface area contributed by atoms with Gasteiger partial charge in [0.15, 0.2) is 0 Å². The normalized spacial score (nSPS) is 19.5. The summed E-state index contributed by atoms with van der Waals surface area (Å²) in [4.78, 5) is 29.4. The number of carbonyl (C=O) groups is 2. The average Bonchev–Trinajstić information content (AvgIpc) is 2.73. The van der Waals surface area contributed by atoms with Gasteiger partial charge in [-0.1, -0.05) is 20.8 Å². The molecule has 166 valence electrons. The minimum atomic E-state index is -0.422. The van der Waals surface area contributed by atoms with E-state index in [1.54, 1.807) is 12.1 Å². The molecule has 2 aliphatic heterocycles. The highest BCUT2D eigenvalue weighted by molar-refractivity contribution is 5.81. The Labute approximate surface area is 178 Å². The third kappa shape index (κ3) is 5.72. The molecule has 0 unspecified atom stereocenters. The van der Waals surface area contributed by atoms with Gasteiger partial charge in [-0.25, -0.2) is 4.39 Å². The summed E-state index contributed by atoms with van der Waals surface area (Å²) in [6, 6.07) is 5.94. The summed E-state index contributed by atoms with van der Waals surface area (Å²) in [5.41, 5.74) is -0.771. The van der Waals surface area contributed by atoms with Gasteiger partial charge in [0.1, 0.15) is 11.6 Å². The summed E-state index contributed by atoms with van der Waals surface area (Å²) < 4.78 is 24.5. The van der Waals surface area contributed by atoms with Crippen LogP contribution in [0.2, 0.25) is 0 Å². The zero-order valence-electron chi connectivity index (χ0n) is 18.3. The Kier molecular flexibility index (Phi) is 7.01. The van der Waals surface area contributed by atoms with Crippen LogP contribution in [-0.4, -0.2) is 67.6 Å². The second kappa shape index (κ2) is 9.33. The Balaban J connectivity index is 1.69. The van der Waals surface area contributed by atoms with E-state index >= 15 is 0 Å². The molecule has 0 spiro atoms. The Hall–Kier alpha value is -2.15. The smallest absolute Gasteiger partial charge is 0.227 e. The van der Waals surface area contributed by atoms with Gasteiger partial charge >= 0.3 is 0 Å². The summed E-state index contributed by atoms with van der Waals surface area (Å²) in [7, 11) is 0. The van der Waals surface area contributed by atoms with Crippen molar-refractivity contribution in [3.8, 4) is 5.75 Å². The van der Waals surface area contributed by atoms with Crippen molar-refractivity contribution in [2.24, 2.45) is 10.8 Å². The van der Waals surface area contributed by atoms with Crippen LogP contribution in [0.15, 0.2) is 24.3 Å². The van der Waals surface area contributed by atoms with Crippen molar-refractivity contribution < 1.29 is 23.5 Å². The SMILES string of the molecule is CC(C)(C)C(=O)N1CCC(COc2ccc(F)cc2)(CC(=O)N2CCOCC2)CC1. The van der Waals surface area contributed by atoms with Crippen LogP contribution in [0.5, 0.6) is 5.75 Å². The topological polar surface area (TPSA) is 59.1 Å². The molecule has 2 heterocycles.